The van der Waals surface area contributed by atoms with Crippen LogP contribution < -0.4 is 34.8 Å². The van der Waals surface area contributed by atoms with Crippen molar-refractivity contribution in [3.05, 3.63) is 29.3 Å². The van der Waals surface area contributed by atoms with Crippen LogP contribution in [0.3, 0.4) is 0 Å². The summed E-state index contributed by atoms with van der Waals surface area (Å²) in [5.41, 5.74) is 1.45. The second kappa shape index (κ2) is 9.35. The van der Waals surface area contributed by atoms with Gasteiger partial charge >= 0.3 is 29.6 Å². The molecule has 0 heterocycles. The third kappa shape index (κ3) is 5.72. The summed E-state index contributed by atoms with van der Waals surface area (Å²) < 4.78 is 4.18. The predicted octanol–water partition coefficient (Wildman–Crippen LogP) is -0.959. The molecule has 4 nitrogen and oxygen atoms in total. The summed E-state index contributed by atoms with van der Waals surface area (Å²) in [4.78, 5) is 12.3. The van der Waals surface area contributed by atoms with Crippen molar-refractivity contribution >= 4 is 29.4 Å². The average Bonchev–Trinajstić information content (AvgIpc) is 2.26. The smallest absolute Gasteiger partial charge is 0.691 e. The molecule has 0 radical (unpaired) electrons. The van der Waals surface area contributed by atoms with Gasteiger partial charge in [-0.2, -0.15) is 4.33 Å². The molecule has 0 aliphatic rings. The van der Waals surface area contributed by atoms with Crippen molar-refractivity contribution in [2.24, 2.45) is 0 Å². The Labute approximate surface area is 131 Å². The number of carbonyl (C=O) groups excluding carboxylic acids is 1. The zero-order valence-electron chi connectivity index (χ0n) is 9.57. The summed E-state index contributed by atoms with van der Waals surface area (Å²) in [7, 11) is 0. The van der Waals surface area contributed by atoms with Crippen molar-refractivity contribution in [1.29, 1.82) is 0 Å². The van der Waals surface area contributed by atoms with E-state index >= 15 is 0 Å². The molecule has 88 valence electrons. The fourth-order valence-corrected chi connectivity index (χ4v) is 1.90. The summed E-state index contributed by atoms with van der Waals surface area (Å²) >= 11 is 6.30. The molecule has 1 aromatic carbocycles. The van der Waals surface area contributed by atoms with E-state index in [-0.39, 0.29) is 35.3 Å². The normalized spacial score (nSPS) is 9.82. The molecule has 0 amide bonds. The van der Waals surface area contributed by atoms with E-state index in [0.29, 0.717) is 22.8 Å². The quantitative estimate of drug-likeness (QED) is 0.168. The summed E-state index contributed by atoms with van der Waals surface area (Å²) in [6.07, 6.45) is 0.315. The van der Waals surface area contributed by atoms with Gasteiger partial charge < -0.3 is 5.26 Å². The molecule has 1 rings (SSSR count). The Hall–Kier alpha value is 0.410. The second-order valence-electron chi connectivity index (χ2n) is 3.06. The van der Waals surface area contributed by atoms with E-state index in [0.717, 1.165) is 17.6 Å². The topological polar surface area (TPSA) is 58.6 Å². The third-order valence-electron chi connectivity index (χ3n) is 1.98. The maximum Gasteiger partial charge on any atom is 1.00 e. The number of Topliss-reactive ketones (excluding diaryl/α,β-unsaturated/α-hetero) is 1. The molecule has 0 saturated heterocycles. The first-order valence-corrected chi connectivity index (χ1v) is 5.79. The Kier molecular flexibility index (Phi) is 9.58. The van der Waals surface area contributed by atoms with Gasteiger partial charge in [0.25, 0.3) is 0 Å². The summed E-state index contributed by atoms with van der Waals surface area (Å²) in [5, 5.41) is 12.9. The molecule has 0 atom stereocenters. The van der Waals surface area contributed by atoms with Crippen LogP contribution in [0.2, 0.25) is 0 Å². The first kappa shape index (κ1) is 17.4. The molecule has 17 heavy (non-hydrogen) atoms. The second-order valence-corrected chi connectivity index (χ2v) is 4.21. The predicted molar refractivity (Wildman–Crippen MR) is 58.9 cm³/mol. The Morgan fingerprint density at radius 3 is 2.76 bits per heavy atom. The van der Waals surface area contributed by atoms with Crippen molar-refractivity contribution < 1.29 is 49.0 Å². The van der Waals surface area contributed by atoms with Crippen LogP contribution in [0.4, 0.5) is 0 Å². The van der Waals surface area contributed by atoms with Crippen LogP contribution in [0.15, 0.2) is 23.1 Å². The molecule has 0 aliphatic carbocycles. The van der Waals surface area contributed by atoms with E-state index in [1.807, 2.05) is 6.92 Å². The van der Waals surface area contributed by atoms with Crippen molar-refractivity contribution in [3.8, 4) is 0 Å². The molecule has 0 bridgehead atoms. The molecule has 0 saturated carbocycles. The van der Waals surface area contributed by atoms with E-state index in [1.165, 1.54) is 0 Å². The van der Waals surface area contributed by atoms with Gasteiger partial charge in [-0.15, -0.1) is 11.6 Å². The molecular formula is C10H10ClNaO4S. The van der Waals surface area contributed by atoms with Gasteiger partial charge in [-0.05, 0) is 30.7 Å². The van der Waals surface area contributed by atoms with Gasteiger partial charge in [0.05, 0.1) is 12.0 Å². The molecule has 0 unspecified atom stereocenters. The van der Waals surface area contributed by atoms with Crippen LogP contribution in [0.1, 0.15) is 22.3 Å². The molecule has 1 aromatic rings. The monoisotopic (exact) mass is 284 g/mol. The number of hydrogen-bond acceptors (Lipinski definition) is 5. The van der Waals surface area contributed by atoms with Crippen molar-refractivity contribution in [2.75, 3.05) is 5.88 Å². The minimum atomic E-state index is 0. The third-order valence-corrected chi connectivity index (χ3v) is 2.74. The number of rotatable bonds is 6. The van der Waals surface area contributed by atoms with Gasteiger partial charge in [0, 0.05) is 22.8 Å². The minimum Gasteiger partial charge on any atom is -0.691 e. The maximum absolute atomic E-state index is 11.6. The largest absolute Gasteiger partial charge is 1.00 e. The van der Waals surface area contributed by atoms with Crippen molar-refractivity contribution in [1.82, 2.24) is 0 Å². The Balaban J connectivity index is 0.00000256. The number of ketones is 1. The number of aryl methyl sites for hydroxylation is 1. The fraction of sp³-hybridized carbons (Fsp3) is 0.300. The molecule has 0 fully saturated rings. The molecule has 0 spiro atoms. The minimum absolute atomic E-state index is 0. The van der Waals surface area contributed by atoms with Gasteiger partial charge in [0.15, 0.2) is 5.78 Å². The van der Waals surface area contributed by atoms with Crippen LogP contribution in [0, 0.1) is 6.92 Å². The number of halogens is 1. The average molecular weight is 285 g/mol. The van der Waals surface area contributed by atoms with Crippen LogP contribution >= 0.6 is 23.6 Å². The number of hydrogen-bond donors (Lipinski definition) is 0. The summed E-state index contributed by atoms with van der Waals surface area (Å²) in [5.74, 6) is 0.312. The molecule has 0 N–H and O–H groups in total. The molecule has 0 aliphatic heterocycles. The Morgan fingerprint density at radius 2 is 2.24 bits per heavy atom. The van der Waals surface area contributed by atoms with Crippen LogP contribution in [0.25, 0.3) is 0 Å². The first-order valence-electron chi connectivity index (χ1n) is 4.52. The molecule has 7 heteroatoms. The molecular weight excluding hydrogens is 275 g/mol. The van der Waals surface area contributed by atoms with E-state index < -0.39 is 0 Å². The van der Waals surface area contributed by atoms with E-state index in [9.17, 15) is 10.1 Å². The maximum atomic E-state index is 11.6. The molecule has 0 aromatic heterocycles. The van der Waals surface area contributed by atoms with E-state index in [2.05, 4.69) is 9.37 Å². The number of alkyl halides is 1. The fourth-order valence-electron chi connectivity index (χ4n) is 1.27. The summed E-state index contributed by atoms with van der Waals surface area (Å²) in [6, 6.07) is 5.10. The van der Waals surface area contributed by atoms with Crippen LogP contribution in [-0.4, -0.2) is 11.7 Å². The van der Waals surface area contributed by atoms with E-state index in [1.54, 1.807) is 18.2 Å². The zero-order chi connectivity index (χ0) is 12.0. The zero-order valence-corrected chi connectivity index (χ0v) is 13.1. The van der Waals surface area contributed by atoms with Crippen LogP contribution in [0.5, 0.6) is 0 Å². The first-order chi connectivity index (χ1) is 7.69. The standard InChI is InChI=1S/C10H11ClO4S.Na/c1-7-6-8(16-15-14-13)2-3-9(7)10(12)4-5-11;/h2-3,6,13H,4-5H2,1H3;/q;+1/p-1. The number of carbonyl (C=O) groups is 1. The number of benzene rings is 1. The van der Waals surface area contributed by atoms with Gasteiger partial charge in [-0.1, -0.05) is 0 Å². The SMILES string of the molecule is Cc1cc(SOO[O-])ccc1C(=O)CCCl.[Na+]. The van der Waals surface area contributed by atoms with Gasteiger partial charge in [0.1, 0.15) is 0 Å². The van der Waals surface area contributed by atoms with Crippen molar-refractivity contribution in [3.63, 3.8) is 0 Å². The van der Waals surface area contributed by atoms with E-state index in [4.69, 9.17) is 11.6 Å². The van der Waals surface area contributed by atoms with Crippen molar-refractivity contribution in [2.45, 2.75) is 18.2 Å². The van der Waals surface area contributed by atoms with Gasteiger partial charge in [-0.25, -0.2) is 0 Å². The van der Waals surface area contributed by atoms with Crippen LogP contribution in [-0.2, 0) is 9.37 Å². The van der Waals surface area contributed by atoms with Gasteiger partial charge in [-0.3, -0.25) is 9.83 Å². The Bertz CT molecular complexity index is 375. The Morgan fingerprint density at radius 1 is 1.53 bits per heavy atom. The van der Waals surface area contributed by atoms with Gasteiger partial charge in [0.2, 0.25) is 0 Å². The summed E-state index contributed by atoms with van der Waals surface area (Å²) in [6.45, 7) is 1.81.